The summed E-state index contributed by atoms with van der Waals surface area (Å²) < 4.78 is 0. The molecule has 4 rings (SSSR count). The number of likely N-dealkylation sites (tertiary alicyclic amines) is 1. The standard InChI is InChI=1S/C19H23N3O2/c23-18(24)7-10-21-8-5-16(6-9-21)22-11-4-15-13-20-12-14-2-1-3-17(22)19(14)15/h1-3,12-13,16H,4-11H2,(H,23,24). The minimum Gasteiger partial charge on any atom is -0.481 e. The van der Waals surface area contributed by atoms with E-state index in [2.05, 4.69) is 33.0 Å². The molecule has 0 saturated carbocycles. The topological polar surface area (TPSA) is 56.7 Å². The molecule has 3 heterocycles. The summed E-state index contributed by atoms with van der Waals surface area (Å²) in [4.78, 5) is 20.0. The number of hydrogen-bond acceptors (Lipinski definition) is 4. The highest BCUT2D eigenvalue weighted by Gasteiger charge is 2.28. The minimum absolute atomic E-state index is 0.244. The van der Waals surface area contributed by atoms with Crippen LogP contribution in [-0.2, 0) is 11.2 Å². The number of pyridine rings is 1. The Morgan fingerprint density at radius 2 is 2.04 bits per heavy atom. The maximum absolute atomic E-state index is 10.7. The molecule has 0 unspecified atom stereocenters. The minimum atomic E-state index is -0.704. The molecule has 2 aromatic rings. The Morgan fingerprint density at radius 1 is 1.21 bits per heavy atom. The van der Waals surface area contributed by atoms with E-state index in [0.29, 0.717) is 12.6 Å². The molecule has 2 aliphatic rings. The van der Waals surface area contributed by atoms with Gasteiger partial charge in [0, 0.05) is 61.1 Å². The highest BCUT2D eigenvalue weighted by molar-refractivity contribution is 5.97. The van der Waals surface area contributed by atoms with Gasteiger partial charge in [-0.05, 0) is 30.9 Å². The second-order valence-electron chi connectivity index (χ2n) is 6.83. The van der Waals surface area contributed by atoms with E-state index in [1.165, 1.54) is 22.0 Å². The molecule has 1 fully saturated rings. The summed E-state index contributed by atoms with van der Waals surface area (Å²) in [5, 5.41) is 11.4. The van der Waals surface area contributed by atoms with Crippen molar-refractivity contribution in [3.8, 4) is 0 Å². The second-order valence-corrected chi connectivity index (χ2v) is 6.83. The van der Waals surface area contributed by atoms with Crippen molar-refractivity contribution in [3.63, 3.8) is 0 Å². The SMILES string of the molecule is O=C(O)CCN1CCC(N2CCc3cncc4cccc2c34)CC1. The zero-order valence-electron chi connectivity index (χ0n) is 13.8. The van der Waals surface area contributed by atoms with Crippen molar-refractivity contribution in [2.45, 2.75) is 31.7 Å². The van der Waals surface area contributed by atoms with Gasteiger partial charge in [-0.15, -0.1) is 0 Å². The molecule has 0 aliphatic carbocycles. The summed E-state index contributed by atoms with van der Waals surface area (Å²) in [7, 11) is 0. The van der Waals surface area contributed by atoms with Crippen LogP contribution in [0, 0.1) is 0 Å². The van der Waals surface area contributed by atoms with Gasteiger partial charge in [0.25, 0.3) is 0 Å². The van der Waals surface area contributed by atoms with E-state index in [-0.39, 0.29) is 6.42 Å². The van der Waals surface area contributed by atoms with E-state index < -0.39 is 5.97 Å². The number of rotatable bonds is 4. The van der Waals surface area contributed by atoms with Crippen molar-refractivity contribution in [3.05, 3.63) is 36.2 Å². The monoisotopic (exact) mass is 325 g/mol. The lowest BCUT2D eigenvalue weighted by Crippen LogP contribution is -2.47. The van der Waals surface area contributed by atoms with Crippen molar-refractivity contribution in [2.75, 3.05) is 31.1 Å². The first-order chi connectivity index (χ1) is 11.7. The lowest BCUT2D eigenvalue weighted by atomic mass is 9.94. The molecule has 126 valence electrons. The summed E-state index contributed by atoms with van der Waals surface area (Å²) >= 11 is 0. The van der Waals surface area contributed by atoms with E-state index >= 15 is 0 Å². The molecular formula is C19H23N3O2. The van der Waals surface area contributed by atoms with E-state index in [1.54, 1.807) is 0 Å². The first kappa shape index (κ1) is 15.4. The zero-order chi connectivity index (χ0) is 16.5. The fourth-order valence-electron chi connectivity index (χ4n) is 4.16. The molecule has 24 heavy (non-hydrogen) atoms. The van der Waals surface area contributed by atoms with Crippen molar-refractivity contribution in [1.82, 2.24) is 9.88 Å². The fraction of sp³-hybridized carbons (Fsp3) is 0.474. The van der Waals surface area contributed by atoms with Crippen LogP contribution in [0.3, 0.4) is 0 Å². The molecule has 0 atom stereocenters. The number of carboxylic acid groups (broad SMARTS) is 1. The number of carboxylic acids is 1. The molecule has 5 nitrogen and oxygen atoms in total. The van der Waals surface area contributed by atoms with E-state index in [9.17, 15) is 4.79 Å². The van der Waals surface area contributed by atoms with Crippen LogP contribution >= 0.6 is 0 Å². The third kappa shape index (κ3) is 2.84. The fourth-order valence-corrected chi connectivity index (χ4v) is 4.16. The number of anilines is 1. The second kappa shape index (κ2) is 6.40. The van der Waals surface area contributed by atoms with E-state index in [4.69, 9.17) is 5.11 Å². The first-order valence-corrected chi connectivity index (χ1v) is 8.79. The number of benzene rings is 1. The normalized spacial score (nSPS) is 18.9. The predicted octanol–water partition coefficient (Wildman–Crippen LogP) is 2.54. The van der Waals surface area contributed by atoms with Gasteiger partial charge >= 0.3 is 5.97 Å². The van der Waals surface area contributed by atoms with Gasteiger partial charge in [0.1, 0.15) is 0 Å². The molecule has 2 aliphatic heterocycles. The van der Waals surface area contributed by atoms with Gasteiger partial charge in [0.2, 0.25) is 0 Å². The molecule has 1 aromatic heterocycles. The molecule has 1 N–H and O–H groups in total. The Bertz CT molecular complexity index is 748. The van der Waals surface area contributed by atoms with Crippen LogP contribution in [0.1, 0.15) is 24.8 Å². The molecule has 0 radical (unpaired) electrons. The molecule has 0 bridgehead atoms. The van der Waals surface area contributed by atoms with Gasteiger partial charge in [-0.25, -0.2) is 0 Å². The van der Waals surface area contributed by atoms with Crippen molar-refractivity contribution in [2.24, 2.45) is 0 Å². The summed E-state index contributed by atoms with van der Waals surface area (Å²) in [5.74, 6) is -0.704. The first-order valence-electron chi connectivity index (χ1n) is 8.79. The van der Waals surface area contributed by atoms with Crippen LogP contribution in [0.5, 0.6) is 0 Å². The van der Waals surface area contributed by atoms with Crippen LogP contribution in [0.25, 0.3) is 10.8 Å². The Kier molecular flexibility index (Phi) is 4.10. The number of aliphatic carboxylic acids is 1. The van der Waals surface area contributed by atoms with Gasteiger partial charge in [-0.3, -0.25) is 9.78 Å². The van der Waals surface area contributed by atoms with Gasteiger partial charge in [0.15, 0.2) is 0 Å². The molecule has 1 aromatic carbocycles. The maximum atomic E-state index is 10.7. The van der Waals surface area contributed by atoms with Crippen LogP contribution in [0.4, 0.5) is 5.69 Å². The van der Waals surface area contributed by atoms with Crippen LogP contribution in [-0.4, -0.2) is 53.2 Å². The average molecular weight is 325 g/mol. The average Bonchev–Trinajstić information content (AvgIpc) is 2.61. The highest BCUT2D eigenvalue weighted by Crippen LogP contribution is 2.36. The molecule has 0 spiro atoms. The maximum Gasteiger partial charge on any atom is 0.304 e. The Hall–Kier alpha value is -2.14. The third-order valence-electron chi connectivity index (χ3n) is 5.41. The van der Waals surface area contributed by atoms with Gasteiger partial charge in [-0.2, -0.15) is 0 Å². The lowest BCUT2D eigenvalue weighted by molar-refractivity contribution is -0.137. The number of carbonyl (C=O) groups is 1. The Balaban J connectivity index is 1.51. The number of piperidine rings is 1. The largest absolute Gasteiger partial charge is 0.481 e. The van der Waals surface area contributed by atoms with E-state index in [1.807, 2.05) is 12.4 Å². The summed E-state index contributed by atoms with van der Waals surface area (Å²) in [5.41, 5.74) is 2.71. The molecule has 5 heteroatoms. The lowest BCUT2D eigenvalue weighted by Gasteiger charge is -2.42. The third-order valence-corrected chi connectivity index (χ3v) is 5.41. The molecule has 1 saturated heterocycles. The highest BCUT2D eigenvalue weighted by atomic mass is 16.4. The molecule has 0 amide bonds. The predicted molar refractivity (Wildman–Crippen MR) is 94.5 cm³/mol. The zero-order valence-corrected chi connectivity index (χ0v) is 13.8. The Morgan fingerprint density at radius 3 is 2.83 bits per heavy atom. The van der Waals surface area contributed by atoms with Gasteiger partial charge in [0.05, 0.1) is 6.42 Å². The van der Waals surface area contributed by atoms with Crippen LogP contribution < -0.4 is 4.90 Å². The van der Waals surface area contributed by atoms with Gasteiger partial charge < -0.3 is 14.9 Å². The number of aromatic nitrogens is 1. The quantitative estimate of drug-likeness (QED) is 0.936. The van der Waals surface area contributed by atoms with E-state index in [0.717, 1.165) is 38.9 Å². The van der Waals surface area contributed by atoms with Crippen LogP contribution in [0.2, 0.25) is 0 Å². The smallest absolute Gasteiger partial charge is 0.304 e. The number of hydrogen-bond donors (Lipinski definition) is 1. The van der Waals surface area contributed by atoms with Crippen LogP contribution in [0.15, 0.2) is 30.6 Å². The number of nitrogens with zero attached hydrogens (tertiary/aromatic N) is 3. The van der Waals surface area contributed by atoms with Crippen molar-refractivity contribution in [1.29, 1.82) is 0 Å². The summed E-state index contributed by atoms with van der Waals surface area (Å²) in [6.45, 7) is 3.71. The van der Waals surface area contributed by atoms with Crippen molar-refractivity contribution >= 4 is 22.4 Å². The Labute approximate surface area is 141 Å². The molecular weight excluding hydrogens is 302 g/mol. The van der Waals surface area contributed by atoms with Crippen molar-refractivity contribution < 1.29 is 9.90 Å². The van der Waals surface area contributed by atoms with Gasteiger partial charge in [-0.1, -0.05) is 12.1 Å². The summed E-state index contributed by atoms with van der Waals surface area (Å²) in [6, 6.07) is 7.07. The summed E-state index contributed by atoms with van der Waals surface area (Å²) in [6.07, 6.45) is 7.49.